The maximum atomic E-state index is 6.29. The Kier molecular flexibility index (Phi) is 4.90. The number of aryl methyl sites for hydroxylation is 1. The number of halogens is 1. The summed E-state index contributed by atoms with van der Waals surface area (Å²) in [6.45, 7) is 4.44. The molecule has 0 saturated carbocycles. The third kappa shape index (κ3) is 3.18. The van der Waals surface area contributed by atoms with Gasteiger partial charge >= 0.3 is 0 Å². The van der Waals surface area contributed by atoms with Crippen LogP contribution in [0.15, 0.2) is 12.1 Å². The second-order valence-electron chi connectivity index (χ2n) is 5.02. The van der Waals surface area contributed by atoms with Crippen LogP contribution in [-0.2, 0) is 12.8 Å². The van der Waals surface area contributed by atoms with Gasteiger partial charge in [-0.25, -0.2) is 0 Å². The van der Waals surface area contributed by atoms with Crippen molar-refractivity contribution in [1.82, 2.24) is 5.32 Å². The summed E-state index contributed by atoms with van der Waals surface area (Å²) >= 11 is 6.29. The maximum absolute atomic E-state index is 6.29. The summed E-state index contributed by atoms with van der Waals surface area (Å²) < 4.78 is 5.37. The summed E-state index contributed by atoms with van der Waals surface area (Å²) in [7, 11) is 1.69. The van der Waals surface area contributed by atoms with Gasteiger partial charge in [0.1, 0.15) is 5.75 Å². The van der Waals surface area contributed by atoms with Crippen molar-refractivity contribution in [2.24, 2.45) is 5.92 Å². The number of methoxy groups -OCH3 is 1. The number of ether oxygens (including phenoxy) is 1. The third-order valence-electron chi connectivity index (χ3n) is 3.75. The standard InChI is InChI=1S/C15H22ClNO/c1-3-13-9-12(10-14(16)15(13)18-2)8-11-4-6-17-7-5-11/h9-11,17H,3-8H2,1-2H3. The molecule has 1 fully saturated rings. The summed E-state index contributed by atoms with van der Waals surface area (Å²) in [5, 5.41) is 4.16. The predicted octanol–water partition coefficient (Wildman–Crippen LogP) is 3.45. The first-order valence-corrected chi connectivity index (χ1v) is 7.18. The smallest absolute Gasteiger partial charge is 0.140 e. The molecule has 2 rings (SSSR count). The molecule has 1 aromatic rings. The maximum Gasteiger partial charge on any atom is 0.140 e. The van der Waals surface area contributed by atoms with E-state index in [9.17, 15) is 0 Å². The van der Waals surface area contributed by atoms with E-state index in [1.54, 1.807) is 7.11 Å². The molecule has 0 aliphatic carbocycles. The molecule has 0 aromatic heterocycles. The molecule has 1 aliphatic heterocycles. The van der Waals surface area contributed by atoms with Gasteiger partial charge in [-0.3, -0.25) is 0 Å². The van der Waals surface area contributed by atoms with Crippen molar-refractivity contribution in [3.05, 3.63) is 28.3 Å². The molecule has 2 nitrogen and oxygen atoms in total. The van der Waals surface area contributed by atoms with E-state index in [0.717, 1.165) is 42.6 Å². The van der Waals surface area contributed by atoms with E-state index in [2.05, 4.69) is 24.4 Å². The topological polar surface area (TPSA) is 21.3 Å². The predicted molar refractivity (Wildman–Crippen MR) is 76.7 cm³/mol. The Morgan fingerprint density at radius 1 is 1.33 bits per heavy atom. The zero-order chi connectivity index (χ0) is 13.0. The van der Waals surface area contributed by atoms with Crippen LogP contribution in [0.5, 0.6) is 5.75 Å². The summed E-state index contributed by atoms with van der Waals surface area (Å²) in [5.74, 6) is 1.63. The summed E-state index contributed by atoms with van der Waals surface area (Å²) in [4.78, 5) is 0. The molecule has 0 spiro atoms. The lowest BCUT2D eigenvalue weighted by atomic mass is 9.90. The largest absolute Gasteiger partial charge is 0.495 e. The van der Waals surface area contributed by atoms with Crippen molar-refractivity contribution in [3.63, 3.8) is 0 Å². The highest BCUT2D eigenvalue weighted by molar-refractivity contribution is 6.32. The molecule has 0 atom stereocenters. The summed E-state index contributed by atoms with van der Waals surface area (Å²) in [6, 6.07) is 4.33. The van der Waals surface area contributed by atoms with Crippen LogP contribution in [0, 0.1) is 5.92 Å². The van der Waals surface area contributed by atoms with Gasteiger partial charge in [-0.15, -0.1) is 0 Å². The highest BCUT2D eigenvalue weighted by Crippen LogP contribution is 2.32. The lowest BCUT2D eigenvalue weighted by Crippen LogP contribution is -2.28. The van der Waals surface area contributed by atoms with Gasteiger partial charge in [0, 0.05) is 0 Å². The van der Waals surface area contributed by atoms with Crippen LogP contribution in [0.2, 0.25) is 5.02 Å². The fourth-order valence-electron chi connectivity index (χ4n) is 2.74. The highest BCUT2D eigenvalue weighted by atomic mass is 35.5. The van der Waals surface area contributed by atoms with E-state index in [1.165, 1.54) is 24.0 Å². The van der Waals surface area contributed by atoms with Crippen LogP contribution >= 0.6 is 11.6 Å². The Balaban J connectivity index is 2.15. The Bertz CT molecular complexity index is 400. The van der Waals surface area contributed by atoms with Crippen LogP contribution < -0.4 is 10.1 Å². The van der Waals surface area contributed by atoms with E-state index in [-0.39, 0.29) is 0 Å². The van der Waals surface area contributed by atoms with Gasteiger partial charge in [0.15, 0.2) is 0 Å². The van der Waals surface area contributed by atoms with E-state index >= 15 is 0 Å². The minimum absolute atomic E-state index is 0.751. The Hall–Kier alpha value is -0.730. The van der Waals surface area contributed by atoms with E-state index in [4.69, 9.17) is 16.3 Å². The number of piperidine rings is 1. The van der Waals surface area contributed by atoms with Crippen molar-refractivity contribution >= 4 is 11.6 Å². The average molecular weight is 268 g/mol. The van der Waals surface area contributed by atoms with Gasteiger partial charge in [-0.05, 0) is 61.9 Å². The second-order valence-corrected chi connectivity index (χ2v) is 5.43. The molecular weight excluding hydrogens is 246 g/mol. The number of nitrogens with one attached hydrogen (secondary N) is 1. The van der Waals surface area contributed by atoms with E-state index in [0.29, 0.717) is 0 Å². The summed E-state index contributed by atoms with van der Waals surface area (Å²) in [5.41, 5.74) is 2.57. The highest BCUT2D eigenvalue weighted by Gasteiger charge is 2.15. The fraction of sp³-hybridized carbons (Fsp3) is 0.600. The van der Waals surface area contributed by atoms with Crippen molar-refractivity contribution in [2.75, 3.05) is 20.2 Å². The van der Waals surface area contributed by atoms with Crippen LogP contribution in [0.1, 0.15) is 30.9 Å². The lowest BCUT2D eigenvalue weighted by Gasteiger charge is -2.23. The zero-order valence-electron chi connectivity index (χ0n) is 11.3. The lowest BCUT2D eigenvalue weighted by molar-refractivity contribution is 0.372. The van der Waals surface area contributed by atoms with Gasteiger partial charge in [0.2, 0.25) is 0 Å². The molecule has 1 heterocycles. The first-order valence-electron chi connectivity index (χ1n) is 6.80. The molecule has 0 unspecified atom stereocenters. The Labute approximate surface area is 115 Å². The van der Waals surface area contributed by atoms with Gasteiger partial charge in [-0.1, -0.05) is 24.6 Å². The molecule has 0 bridgehead atoms. The van der Waals surface area contributed by atoms with Crippen LogP contribution in [0.25, 0.3) is 0 Å². The number of hydrogen-bond donors (Lipinski definition) is 1. The van der Waals surface area contributed by atoms with E-state index < -0.39 is 0 Å². The average Bonchev–Trinajstić information content (AvgIpc) is 2.39. The molecule has 3 heteroatoms. The number of rotatable bonds is 4. The first-order chi connectivity index (χ1) is 8.74. The molecule has 1 aromatic carbocycles. The van der Waals surface area contributed by atoms with Crippen molar-refractivity contribution < 1.29 is 4.74 Å². The van der Waals surface area contributed by atoms with Gasteiger partial charge in [0.05, 0.1) is 12.1 Å². The molecule has 100 valence electrons. The van der Waals surface area contributed by atoms with Crippen molar-refractivity contribution in [1.29, 1.82) is 0 Å². The normalized spacial score (nSPS) is 16.8. The fourth-order valence-corrected chi connectivity index (χ4v) is 3.08. The van der Waals surface area contributed by atoms with Crippen LogP contribution in [0.3, 0.4) is 0 Å². The molecule has 1 N–H and O–H groups in total. The van der Waals surface area contributed by atoms with Crippen LogP contribution in [0.4, 0.5) is 0 Å². The number of hydrogen-bond acceptors (Lipinski definition) is 2. The molecule has 18 heavy (non-hydrogen) atoms. The Morgan fingerprint density at radius 3 is 2.67 bits per heavy atom. The monoisotopic (exact) mass is 267 g/mol. The van der Waals surface area contributed by atoms with Crippen molar-refractivity contribution in [3.8, 4) is 5.75 Å². The number of benzene rings is 1. The summed E-state index contributed by atoms with van der Waals surface area (Å²) in [6.07, 6.45) is 4.64. The molecule has 0 amide bonds. The SMILES string of the molecule is CCc1cc(CC2CCNCC2)cc(Cl)c1OC. The molecular formula is C15H22ClNO. The van der Waals surface area contributed by atoms with Gasteiger partial charge < -0.3 is 10.1 Å². The van der Waals surface area contributed by atoms with Gasteiger partial charge in [-0.2, -0.15) is 0 Å². The van der Waals surface area contributed by atoms with Gasteiger partial charge in [0.25, 0.3) is 0 Å². The Morgan fingerprint density at radius 2 is 2.06 bits per heavy atom. The molecule has 1 saturated heterocycles. The van der Waals surface area contributed by atoms with E-state index in [1.807, 2.05) is 0 Å². The first kappa shape index (κ1) is 13.7. The molecule has 1 aliphatic rings. The molecule has 0 radical (unpaired) electrons. The minimum Gasteiger partial charge on any atom is -0.495 e. The third-order valence-corrected chi connectivity index (χ3v) is 4.03. The zero-order valence-corrected chi connectivity index (χ0v) is 12.0. The van der Waals surface area contributed by atoms with Crippen molar-refractivity contribution in [2.45, 2.75) is 32.6 Å². The quantitative estimate of drug-likeness (QED) is 0.902. The second kappa shape index (κ2) is 6.44. The van der Waals surface area contributed by atoms with Crippen LogP contribution in [-0.4, -0.2) is 20.2 Å². The minimum atomic E-state index is 0.751.